The number of anilines is 1. The summed E-state index contributed by atoms with van der Waals surface area (Å²) in [6.45, 7) is 10.0. The average Bonchev–Trinajstić information content (AvgIpc) is 2.71. The Morgan fingerprint density at radius 1 is 1.07 bits per heavy atom. The molecule has 0 radical (unpaired) electrons. The van der Waals surface area contributed by atoms with E-state index in [0.717, 1.165) is 57.2 Å². The zero-order valence-corrected chi connectivity index (χ0v) is 17.0. The maximum absolute atomic E-state index is 12.3. The van der Waals surface area contributed by atoms with Crippen molar-refractivity contribution >= 4 is 11.6 Å². The molecular weight excluding hydrogens is 350 g/mol. The zero-order chi connectivity index (χ0) is 19.8. The Balaban J connectivity index is 1.45. The van der Waals surface area contributed by atoms with Crippen LogP contribution in [0.2, 0.25) is 0 Å². The minimum Gasteiger partial charge on any atom is -0.379 e. The zero-order valence-electron chi connectivity index (χ0n) is 17.0. The van der Waals surface area contributed by atoms with E-state index >= 15 is 0 Å². The summed E-state index contributed by atoms with van der Waals surface area (Å²) in [4.78, 5) is 14.5. The Kier molecular flexibility index (Phi) is 7.60. The van der Waals surface area contributed by atoms with E-state index in [-0.39, 0.29) is 5.91 Å². The van der Waals surface area contributed by atoms with Crippen molar-refractivity contribution in [2.45, 2.75) is 33.4 Å². The Bertz CT molecular complexity index is 785. The molecular formula is C23H31N3O2. The predicted molar refractivity (Wildman–Crippen MR) is 113 cm³/mol. The smallest absolute Gasteiger partial charge is 0.225 e. The normalized spacial score (nSPS) is 14.8. The van der Waals surface area contributed by atoms with Gasteiger partial charge in [0.05, 0.1) is 13.2 Å². The van der Waals surface area contributed by atoms with Gasteiger partial charge in [-0.15, -0.1) is 0 Å². The third-order valence-electron chi connectivity index (χ3n) is 5.33. The van der Waals surface area contributed by atoms with Gasteiger partial charge < -0.3 is 15.4 Å². The molecule has 0 atom stereocenters. The van der Waals surface area contributed by atoms with Crippen LogP contribution >= 0.6 is 0 Å². The number of aryl methyl sites for hydroxylation is 1. The van der Waals surface area contributed by atoms with E-state index in [0.29, 0.717) is 6.42 Å². The van der Waals surface area contributed by atoms with Crippen LogP contribution < -0.4 is 10.6 Å². The highest BCUT2D eigenvalue weighted by Crippen LogP contribution is 2.14. The topological polar surface area (TPSA) is 53.6 Å². The second-order valence-corrected chi connectivity index (χ2v) is 7.42. The number of benzene rings is 2. The highest BCUT2D eigenvalue weighted by molar-refractivity contribution is 5.90. The predicted octanol–water partition coefficient (Wildman–Crippen LogP) is 3.25. The van der Waals surface area contributed by atoms with Crippen LogP contribution in [0.4, 0.5) is 5.69 Å². The van der Waals surface area contributed by atoms with E-state index in [9.17, 15) is 4.79 Å². The fourth-order valence-corrected chi connectivity index (χ4v) is 3.41. The lowest BCUT2D eigenvalue weighted by Gasteiger charge is -2.26. The summed E-state index contributed by atoms with van der Waals surface area (Å²) < 4.78 is 5.34. The molecule has 150 valence electrons. The molecule has 5 nitrogen and oxygen atoms in total. The number of carbonyl (C=O) groups is 1. The first-order valence-corrected chi connectivity index (χ1v) is 10.1. The number of ether oxygens (including phenoxy) is 1. The minimum atomic E-state index is 0.0620. The summed E-state index contributed by atoms with van der Waals surface area (Å²) in [5.74, 6) is 0.0620. The fourth-order valence-electron chi connectivity index (χ4n) is 3.41. The first kappa shape index (κ1) is 20.5. The van der Waals surface area contributed by atoms with Crippen molar-refractivity contribution in [1.29, 1.82) is 0 Å². The largest absolute Gasteiger partial charge is 0.379 e. The molecule has 0 aliphatic carbocycles. The Morgan fingerprint density at radius 2 is 1.86 bits per heavy atom. The molecule has 28 heavy (non-hydrogen) atoms. The molecule has 2 N–H and O–H groups in total. The molecule has 0 bridgehead atoms. The molecule has 2 aromatic rings. The highest BCUT2D eigenvalue weighted by atomic mass is 16.5. The molecule has 1 aliphatic heterocycles. The maximum Gasteiger partial charge on any atom is 0.225 e. The van der Waals surface area contributed by atoms with Gasteiger partial charge >= 0.3 is 0 Å². The molecule has 1 saturated heterocycles. The summed E-state index contributed by atoms with van der Waals surface area (Å²) in [6.07, 6.45) is 0.509. The second kappa shape index (κ2) is 10.4. The van der Waals surface area contributed by atoms with Gasteiger partial charge in [0.1, 0.15) is 0 Å². The van der Waals surface area contributed by atoms with E-state index in [1.54, 1.807) is 0 Å². The summed E-state index contributed by atoms with van der Waals surface area (Å²) >= 11 is 0. The van der Waals surface area contributed by atoms with Crippen LogP contribution in [0.3, 0.4) is 0 Å². The maximum atomic E-state index is 12.3. The minimum absolute atomic E-state index is 0.0620. The molecule has 5 heteroatoms. The average molecular weight is 382 g/mol. The van der Waals surface area contributed by atoms with E-state index in [1.807, 2.05) is 18.2 Å². The van der Waals surface area contributed by atoms with Crippen LogP contribution in [-0.4, -0.2) is 43.7 Å². The van der Waals surface area contributed by atoms with E-state index < -0.39 is 0 Å². The van der Waals surface area contributed by atoms with Crippen LogP contribution in [0.15, 0.2) is 42.5 Å². The van der Waals surface area contributed by atoms with Crippen LogP contribution in [0, 0.1) is 13.8 Å². The van der Waals surface area contributed by atoms with E-state index in [4.69, 9.17) is 4.74 Å². The molecule has 0 aromatic heterocycles. The van der Waals surface area contributed by atoms with Gasteiger partial charge in [0.2, 0.25) is 5.91 Å². The lowest BCUT2D eigenvalue weighted by Crippen LogP contribution is -2.38. The number of rotatable bonds is 8. The Hall–Kier alpha value is -2.21. The quantitative estimate of drug-likeness (QED) is 0.737. The molecule has 0 unspecified atom stereocenters. The van der Waals surface area contributed by atoms with Crippen LogP contribution in [-0.2, 0) is 22.6 Å². The first-order valence-electron chi connectivity index (χ1n) is 10.1. The lowest BCUT2D eigenvalue weighted by molar-refractivity contribution is -0.116. The molecule has 2 aromatic carbocycles. The Morgan fingerprint density at radius 3 is 2.68 bits per heavy atom. The van der Waals surface area contributed by atoms with Crippen molar-refractivity contribution in [2.75, 3.05) is 38.2 Å². The SMILES string of the molecule is Cc1cccc(CNCc2cccc(NC(=O)CCN3CCOCC3)c2)c1C. The Labute approximate surface area is 168 Å². The molecule has 3 rings (SSSR count). The van der Waals surface area contributed by atoms with E-state index in [1.165, 1.54) is 16.7 Å². The van der Waals surface area contributed by atoms with Gasteiger partial charge in [-0.3, -0.25) is 9.69 Å². The van der Waals surface area contributed by atoms with Gasteiger partial charge in [0.15, 0.2) is 0 Å². The van der Waals surface area contributed by atoms with Gasteiger partial charge in [-0.1, -0.05) is 30.3 Å². The van der Waals surface area contributed by atoms with Crippen LogP contribution in [0.5, 0.6) is 0 Å². The monoisotopic (exact) mass is 381 g/mol. The van der Waals surface area contributed by atoms with Gasteiger partial charge in [-0.25, -0.2) is 0 Å². The number of amides is 1. The fraction of sp³-hybridized carbons (Fsp3) is 0.435. The number of hydrogen-bond acceptors (Lipinski definition) is 4. The van der Waals surface area contributed by atoms with Gasteiger partial charge in [0.25, 0.3) is 0 Å². The third-order valence-corrected chi connectivity index (χ3v) is 5.33. The first-order chi connectivity index (χ1) is 13.6. The highest BCUT2D eigenvalue weighted by Gasteiger charge is 2.12. The number of morpholine rings is 1. The summed E-state index contributed by atoms with van der Waals surface area (Å²) in [5, 5.41) is 6.53. The number of nitrogens with one attached hydrogen (secondary N) is 2. The van der Waals surface area contributed by atoms with Crippen molar-refractivity contribution in [3.8, 4) is 0 Å². The third kappa shape index (κ3) is 6.16. The molecule has 0 spiro atoms. The van der Waals surface area contributed by atoms with Crippen molar-refractivity contribution < 1.29 is 9.53 Å². The van der Waals surface area contributed by atoms with Crippen molar-refractivity contribution in [3.63, 3.8) is 0 Å². The van der Waals surface area contributed by atoms with Gasteiger partial charge in [0, 0.05) is 44.8 Å². The van der Waals surface area contributed by atoms with Crippen molar-refractivity contribution in [3.05, 3.63) is 64.7 Å². The summed E-state index contributed by atoms with van der Waals surface area (Å²) in [6, 6.07) is 14.5. The lowest BCUT2D eigenvalue weighted by atomic mass is 10.0. The summed E-state index contributed by atoms with van der Waals surface area (Å²) in [7, 11) is 0. The van der Waals surface area contributed by atoms with Gasteiger partial charge in [-0.2, -0.15) is 0 Å². The number of nitrogens with zero attached hydrogens (tertiary/aromatic N) is 1. The molecule has 0 saturated carbocycles. The number of carbonyl (C=O) groups excluding carboxylic acids is 1. The standard InChI is InChI=1S/C23H31N3O2/c1-18-5-3-7-21(19(18)2)17-24-16-20-6-4-8-22(15-20)25-23(27)9-10-26-11-13-28-14-12-26/h3-8,15,24H,9-14,16-17H2,1-2H3,(H,25,27). The van der Waals surface area contributed by atoms with Gasteiger partial charge in [-0.05, 0) is 48.2 Å². The second-order valence-electron chi connectivity index (χ2n) is 7.42. The van der Waals surface area contributed by atoms with E-state index in [2.05, 4.69) is 53.6 Å². The number of hydrogen-bond donors (Lipinski definition) is 2. The van der Waals surface area contributed by atoms with Crippen LogP contribution in [0.1, 0.15) is 28.7 Å². The molecule has 1 amide bonds. The van der Waals surface area contributed by atoms with Crippen LogP contribution in [0.25, 0.3) is 0 Å². The molecule has 1 aliphatic rings. The van der Waals surface area contributed by atoms with Crippen molar-refractivity contribution in [1.82, 2.24) is 10.2 Å². The molecule has 1 heterocycles. The molecule has 1 fully saturated rings. The van der Waals surface area contributed by atoms with Crippen molar-refractivity contribution in [2.24, 2.45) is 0 Å². The summed E-state index contributed by atoms with van der Waals surface area (Å²) in [5.41, 5.74) is 6.01.